The van der Waals surface area contributed by atoms with Gasteiger partial charge in [0.25, 0.3) is 5.69 Å². The van der Waals surface area contributed by atoms with Gasteiger partial charge < -0.3 is 9.47 Å². The first-order valence-electron chi connectivity index (χ1n) is 9.90. The zero-order valence-electron chi connectivity index (χ0n) is 18.6. The summed E-state index contributed by atoms with van der Waals surface area (Å²) in [6.07, 6.45) is 0. The number of hydrogen-bond donors (Lipinski definition) is 0. The number of ether oxygens (including phenoxy) is 2. The van der Waals surface area contributed by atoms with E-state index in [1.165, 1.54) is 40.0 Å². The van der Waals surface area contributed by atoms with Gasteiger partial charge in [-0.25, -0.2) is 19.1 Å². The molecule has 0 unspecified atom stereocenters. The van der Waals surface area contributed by atoms with Gasteiger partial charge in [-0.05, 0) is 18.2 Å². The van der Waals surface area contributed by atoms with Gasteiger partial charge in [0, 0.05) is 20.2 Å². The Bertz CT molecular complexity index is 1530. The second-order valence-electron chi connectivity index (χ2n) is 7.32. The van der Waals surface area contributed by atoms with Crippen molar-refractivity contribution in [3.8, 4) is 16.9 Å². The third-order valence-corrected chi connectivity index (χ3v) is 5.50. The third-order valence-electron chi connectivity index (χ3n) is 5.50. The largest absolute Gasteiger partial charge is 0.465 e. The predicted octanol–water partition coefficient (Wildman–Crippen LogP) is 2.21. The van der Waals surface area contributed by atoms with Gasteiger partial charge in [-0.15, -0.1) is 0 Å². The van der Waals surface area contributed by atoms with Gasteiger partial charge in [0.05, 0.1) is 41.4 Å². The maximum absolute atomic E-state index is 12.9. The van der Waals surface area contributed by atoms with Crippen molar-refractivity contribution in [1.82, 2.24) is 18.9 Å². The molecule has 0 spiro atoms. The van der Waals surface area contributed by atoms with Gasteiger partial charge in [-0.3, -0.25) is 19.2 Å². The van der Waals surface area contributed by atoms with Crippen molar-refractivity contribution in [2.75, 3.05) is 14.2 Å². The van der Waals surface area contributed by atoms with Crippen LogP contribution in [0.5, 0.6) is 0 Å². The molecule has 0 saturated heterocycles. The first-order chi connectivity index (χ1) is 16.2. The topological polar surface area (TPSA) is 140 Å². The van der Waals surface area contributed by atoms with Crippen LogP contribution in [-0.4, -0.2) is 50.0 Å². The lowest BCUT2D eigenvalue weighted by atomic mass is 10.0. The normalized spacial score (nSPS) is 10.9. The van der Waals surface area contributed by atoms with Crippen LogP contribution in [-0.2, 0) is 23.6 Å². The monoisotopic (exact) mass is 465 g/mol. The number of imidazole rings is 1. The molecule has 0 radical (unpaired) electrons. The average Bonchev–Trinajstić information content (AvgIpc) is 3.35. The number of hydrogen-bond acceptors (Lipinski definition) is 8. The zero-order valence-corrected chi connectivity index (χ0v) is 18.6. The van der Waals surface area contributed by atoms with Crippen molar-refractivity contribution in [3.05, 3.63) is 74.3 Å². The molecular weight excluding hydrogens is 446 g/mol. The molecule has 174 valence electrons. The van der Waals surface area contributed by atoms with E-state index < -0.39 is 22.5 Å². The minimum atomic E-state index is -0.936. The van der Waals surface area contributed by atoms with Crippen molar-refractivity contribution < 1.29 is 24.0 Å². The predicted molar refractivity (Wildman–Crippen MR) is 120 cm³/mol. The van der Waals surface area contributed by atoms with Gasteiger partial charge in [0.15, 0.2) is 5.69 Å². The summed E-state index contributed by atoms with van der Waals surface area (Å²) in [6, 6.07) is 11.0. The van der Waals surface area contributed by atoms with E-state index in [0.29, 0.717) is 16.7 Å². The number of carbonyl (C=O) groups is 2. The highest BCUT2D eigenvalue weighted by atomic mass is 16.6. The van der Waals surface area contributed by atoms with E-state index in [0.717, 1.165) is 14.2 Å². The maximum Gasteiger partial charge on any atom is 0.357 e. The lowest BCUT2D eigenvalue weighted by molar-refractivity contribution is -0.384. The van der Waals surface area contributed by atoms with E-state index in [2.05, 4.69) is 5.10 Å². The average molecular weight is 465 g/mol. The summed E-state index contributed by atoms with van der Waals surface area (Å²) in [5.41, 5.74) is -0.493. The van der Waals surface area contributed by atoms with Gasteiger partial charge >= 0.3 is 17.6 Å². The first-order valence-corrected chi connectivity index (χ1v) is 9.90. The number of rotatable bonds is 5. The Morgan fingerprint density at radius 1 is 0.971 bits per heavy atom. The number of para-hydroxylation sites is 1. The highest BCUT2D eigenvalue weighted by Gasteiger charge is 2.34. The van der Waals surface area contributed by atoms with Crippen molar-refractivity contribution in [1.29, 1.82) is 0 Å². The maximum atomic E-state index is 12.9. The van der Waals surface area contributed by atoms with Crippen molar-refractivity contribution in [2.45, 2.75) is 0 Å². The summed E-state index contributed by atoms with van der Waals surface area (Å²) in [4.78, 5) is 49.4. The smallest absolute Gasteiger partial charge is 0.357 e. The van der Waals surface area contributed by atoms with E-state index in [1.807, 2.05) is 0 Å². The third kappa shape index (κ3) is 3.32. The molecule has 0 bridgehead atoms. The summed E-state index contributed by atoms with van der Waals surface area (Å²) < 4.78 is 13.5. The van der Waals surface area contributed by atoms with Crippen LogP contribution in [0.3, 0.4) is 0 Å². The number of nitro benzene ring substituents is 1. The molecule has 0 amide bonds. The second-order valence-corrected chi connectivity index (χ2v) is 7.32. The van der Waals surface area contributed by atoms with Gasteiger partial charge in [-0.2, -0.15) is 5.10 Å². The molecule has 0 aliphatic rings. The minimum Gasteiger partial charge on any atom is -0.465 e. The van der Waals surface area contributed by atoms with Crippen molar-refractivity contribution in [2.24, 2.45) is 14.1 Å². The van der Waals surface area contributed by atoms with E-state index in [9.17, 15) is 24.5 Å². The summed E-state index contributed by atoms with van der Waals surface area (Å²) in [7, 11) is 5.27. The van der Waals surface area contributed by atoms with Crippen LogP contribution >= 0.6 is 0 Å². The molecule has 12 heteroatoms. The Kier molecular flexibility index (Phi) is 5.49. The van der Waals surface area contributed by atoms with Crippen molar-refractivity contribution >= 4 is 28.7 Å². The molecule has 0 saturated carbocycles. The molecule has 0 fully saturated rings. The molecule has 0 atom stereocenters. The number of aromatic nitrogens is 4. The number of carbonyl (C=O) groups excluding carboxylic acids is 2. The summed E-state index contributed by atoms with van der Waals surface area (Å²) >= 11 is 0. The molecule has 2 aromatic carbocycles. The molecule has 4 rings (SSSR count). The summed E-state index contributed by atoms with van der Waals surface area (Å²) in [5, 5.41) is 16.4. The lowest BCUT2D eigenvalue weighted by Crippen LogP contribution is -2.19. The number of fused-ring (bicyclic) bond motifs is 1. The quantitative estimate of drug-likeness (QED) is 0.248. The van der Waals surface area contributed by atoms with Gasteiger partial charge in [-0.1, -0.05) is 18.2 Å². The van der Waals surface area contributed by atoms with Crippen LogP contribution in [0.1, 0.15) is 20.8 Å². The highest BCUT2D eigenvalue weighted by molar-refractivity contribution is 6.08. The molecule has 34 heavy (non-hydrogen) atoms. The van der Waals surface area contributed by atoms with Crippen LogP contribution in [0.25, 0.3) is 28.0 Å². The first kappa shape index (κ1) is 22.5. The van der Waals surface area contributed by atoms with E-state index in [-0.39, 0.29) is 28.2 Å². The van der Waals surface area contributed by atoms with Crippen LogP contribution in [0.2, 0.25) is 0 Å². The van der Waals surface area contributed by atoms with Crippen LogP contribution in [0, 0.1) is 10.1 Å². The molecule has 2 aromatic heterocycles. The minimum absolute atomic E-state index is 0.0704. The summed E-state index contributed by atoms with van der Waals surface area (Å²) in [5.74, 6) is -1.83. The number of benzene rings is 2. The number of nitrogens with zero attached hydrogens (tertiary/aromatic N) is 5. The van der Waals surface area contributed by atoms with Crippen LogP contribution < -0.4 is 5.69 Å². The molecule has 0 N–H and O–H groups in total. The highest BCUT2D eigenvalue weighted by Crippen LogP contribution is 2.37. The Morgan fingerprint density at radius 2 is 1.56 bits per heavy atom. The fourth-order valence-electron chi connectivity index (χ4n) is 3.82. The molecule has 4 aromatic rings. The Balaban J connectivity index is 2.17. The number of nitro groups is 1. The number of esters is 2. The van der Waals surface area contributed by atoms with Crippen molar-refractivity contribution in [3.63, 3.8) is 0 Å². The van der Waals surface area contributed by atoms with E-state index >= 15 is 0 Å². The Morgan fingerprint density at radius 3 is 2.12 bits per heavy atom. The molecule has 2 heterocycles. The van der Waals surface area contributed by atoms with Crippen LogP contribution in [0.4, 0.5) is 5.69 Å². The number of methoxy groups -OCH3 is 2. The fourth-order valence-corrected chi connectivity index (χ4v) is 3.82. The molecule has 0 aliphatic heterocycles. The lowest BCUT2D eigenvalue weighted by Gasteiger charge is -2.07. The molecular formula is C22H19N5O7. The Hall–Kier alpha value is -4.74. The SMILES string of the molecule is COC(=O)c1c(-c2cc3c(cc2[N+](=O)[O-])n(C)c(=O)n3C)nn(-c2ccccc2)c1C(=O)OC. The fraction of sp³-hybridized carbons (Fsp3) is 0.182. The standard InChI is InChI=1S/C22H19N5O7/c1-24-15-10-13(14(27(31)32)11-16(15)25(2)22(24)30)18-17(20(28)33-3)19(21(29)34-4)26(23-18)12-8-6-5-7-9-12/h5-11H,1-4H3. The number of aryl methyl sites for hydroxylation is 2. The summed E-state index contributed by atoms with van der Waals surface area (Å²) in [6.45, 7) is 0. The van der Waals surface area contributed by atoms with E-state index in [4.69, 9.17) is 9.47 Å². The van der Waals surface area contributed by atoms with Gasteiger partial charge in [0.1, 0.15) is 11.3 Å². The Labute approximate surface area is 191 Å². The molecule has 12 nitrogen and oxygen atoms in total. The molecule has 0 aliphatic carbocycles. The van der Waals surface area contributed by atoms with Gasteiger partial charge in [0.2, 0.25) is 0 Å². The zero-order chi connectivity index (χ0) is 24.7. The van der Waals surface area contributed by atoms with Crippen LogP contribution in [0.15, 0.2) is 47.3 Å². The van der Waals surface area contributed by atoms with E-state index in [1.54, 1.807) is 30.3 Å². The second kappa shape index (κ2) is 8.31.